The van der Waals surface area contributed by atoms with Gasteiger partial charge in [-0.3, -0.25) is 9.79 Å². The van der Waals surface area contributed by atoms with Gasteiger partial charge in [0.05, 0.1) is 6.04 Å². The number of ether oxygens (including phenoxy) is 1. The van der Waals surface area contributed by atoms with Gasteiger partial charge in [0.2, 0.25) is 5.91 Å². The fourth-order valence-electron chi connectivity index (χ4n) is 3.54. The first-order valence-corrected chi connectivity index (χ1v) is 10.6. The van der Waals surface area contributed by atoms with Crippen LogP contribution in [-0.2, 0) is 9.53 Å². The lowest BCUT2D eigenvalue weighted by Gasteiger charge is -2.40. The molecule has 0 bridgehead atoms. The van der Waals surface area contributed by atoms with E-state index in [0.29, 0.717) is 13.1 Å². The highest BCUT2D eigenvalue weighted by atomic mass is 127. The number of piperidine rings is 1. The van der Waals surface area contributed by atoms with Crippen LogP contribution in [0.3, 0.4) is 0 Å². The van der Waals surface area contributed by atoms with Gasteiger partial charge < -0.3 is 30.9 Å². The van der Waals surface area contributed by atoms with Crippen molar-refractivity contribution in [1.82, 2.24) is 20.4 Å². The van der Waals surface area contributed by atoms with Crippen LogP contribution in [0.5, 0.6) is 0 Å². The summed E-state index contributed by atoms with van der Waals surface area (Å²) >= 11 is 0. The number of carbonyl (C=O) groups is 2. The van der Waals surface area contributed by atoms with Crippen LogP contribution in [0, 0.1) is 5.92 Å². The van der Waals surface area contributed by atoms with E-state index >= 15 is 0 Å². The molecule has 0 aromatic carbocycles. The second kappa shape index (κ2) is 12.5. The van der Waals surface area contributed by atoms with Gasteiger partial charge >= 0.3 is 6.09 Å². The number of nitrogens with zero attached hydrogens (tertiary/aromatic N) is 3. The number of carbonyl (C=O) groups excluding carboxylic acids is 2. The molecule has 2 heterocycles. The molecule has 0 radical (unpaired) electrons. The maximum atomic E-state index is 12.0. The molecule has 2 amide bonds. The molecule has 30 heavy (non-hydrogen) atoms. The van der Waals surface area contributed by atoms with Crippen molar-refractivity contribution in [2.24, 2.45) is 16.6 Å². The largest absolute Gasteiger partial charge is 0.444 e. The van der Waals surface area contributed by atoms with Crippen molar-refractivity contribution in [2.45, 2.75) is 58.1 Å². The molecular weight excluding hydrogens is 499 g/mol. The van der Waals surface area contributed by atoms with Crippen LogP contribution in [0.25, 0.3) is 0 Å². The van der Waals surface area contributed by atoms with Gasteiger partial charge in [0, 0.05) is 32.6 Å². The van der Waals surface area contributed by atoms with Crippen LogP contribution in [-0.4, -0.2) is 85.7 Å². The molecule has 0 aliphatic carbocycles. The Labute approximate surface area is 197 Å². The van der Waals surface area contributed by atoms with Crippen molar-refractivity contribution >= 4 is 41.9 Å². The van der Waals surface area contributed by atoms with E-state index in [9.17, 15) is 9.59 Å². The molecule has 0 saturated carbocycles. The number of guanidine groups is 1. The minimum absolute atomic E-state index is 0. The minimum atomic E-state index is -0.467. The number of hydrogen-bond acceptors (Lipinski definition) is 5. The van der Waals surface area contributed by atoms with E-state index in [-0.39, 0.29) is 47.9 Å². The van der Waals surface area contributed by atoms with Gasteiger partial charge in [-0.25, -0.2) is 4.79 Å². The molecule has 2 fully saturated rings. The molecule has 2 rings (SSSR count). The van der Waals surface area contributed by atoms with Crippen molar-refractivity contribution in [3.05, 3.63) is 0 Å². The normalized spacial score (nSPS) is 18.9. The van der Waals surface area contributed by atoms with Gasteiger partial charge in [-0.2, -0.15) is 0 Å². The van der Waals surface area contributed by atoms with E-state index in [1.165, 1.54) is 0 Å². The predicted molar refractivity (Wildman–Crippen MR) is 129 cm³/mol. The maximum absolute atomic E-state index is 12.0. The number of likely N-dealkylation sites (tertiary alicyclic amines) is 2. The molecule has 0 aromatic heterocycles. The maximum Gasteiger partial charge on any atom is 0.410 e. The lowest BCUT2D eigenvalue weighted by atomic mass is 9.96. The monoisotopic (exact) mass is 538 g/mol. The fourth-order valence-corrected chi connectivity index (χ4v) is 3.54. The van der Waals surface area contributed by atoms with Gasteiger partial charge in [0.25, 0.3) is 0 Å². The Balaban J connectivity index is 0.00000450. The molecule has 9 nitrogen and oxygen atoms in total. The molecule has 4 N–H and O–H groups in total. The van der Waals surface area contributed by atoms with Gasteiger partial charge in [-0.15, -0.1) is 24.0 Å². The van der Waals surface area contributed by atoms with E-state index in [1.54, 1.807) is 11.9 Å². The van der Waals surface area contributed by atoms with E-state index in [0.717, 1.165) is 57.8 Å². The number of rotatable bonds is 7. The summed E-state index contributed by atoms with van der Waals surface area (Å²) in [5, 5.41) is 6.68. The van der Waals surface area contributed by atoms with Crippen molar-refractivity contribution in [3.63, 3.8) is 0 Å². The number of nitrogens with one attached hydrogen (secondary N) is 2. The third kappa shape index (κ3) is 9.23. The second-order valence-electron chi connectivity index (χ2n) is 8.95. The molecule has 2 aliphatic heterocycles. The number of unbranched alkanes of at least 4 members (excludes halogenated alkanes) is 1. The molecule has 0 atom stereocenters. The van der Waals surface area contributed by atoms with Crippen LogP contribution in [0.15, 0.2) is 4.99 Å². The van der Waals surface area contributed by atoms with Crippen LogP contribution in [0.1, 0.15) is 46.5 Å². The number of halogens is 1. The van der Waals surface area contributed by atoms with Crippen molar-refractivity contribution in [1.29, 1.82) is 0 Å². The summed E-state index contributed by atoms with van der Waals surface area (Å²) in [7, 11) is 1.75. The Kier molecular flexibility index (Phi) is 11.2. The van der Waals surface area contributed by atoms with Crippen LogP contribution >= 0.6 is 24.0 Å². The second-order valence-corrected chi connectivity index (χ2v) is 8.95. The highest BCUT2D eigenvalue weighted by molar-refractivity contribution is 14.0. The standard InChI is InChI=1S/C20H38N6O3.HI/c1-20(2,3)29-19(28)26-13-16(14-26)24-18(22-4)23-9-5-6-10-25-11-7-15(8-12-25)17(21)27;/h15-16H,5-14H2,1-4H3,(H2,21,27)(H2,22,23,24);1H. The molecule has 2 aliphatic rings. The number of amides is 2. The predicted octanol–water partition coefficient (Wildman–Crippen LogP) is 1.37. The number of nitrogens with two attached hydrogens (primary N) is 1. The topological polar surface area (TPSA) is 112 Å². The Morgan fingerprint density at radius 2 is 1.80 bits per heavy atom. The first-order valence-electron chi connectivity index (χ1n) is 10.6. The van der Waals surface area contributed by atoms with Crippen molar-refractivity contribution < 1.29 is 14.3 Å². The zero-order valence-electron chi connectivity index (χ0n) is 18.8. The van der Waals surface area contributed by atoms with E-state index in [4.69, 9.17) is 10.5 Å². The summed E-state index contributed by atoms with van der Waals surface area (Å²) in [6, 6.07) is 0.195. The Hall–Kier alpha value is -1.30. The minimum Gasteiger partial charge on any atom is -0.444 e. The lowest BCUT2D eigenvalue weighted by molar-refractivity contribution is -0.123. The molecule has 10 heteroatoms. The van der Waals surface area contributed by atoms with E-state index < -0.39 is 5.60 Å². The number of primary amides is 1. The first kappa shape index (κ1) is 26.7. The third-order valence-electron chi connectivity index (χ3n) is 5.28. The Morgan fingerprint density at radius 1 is 1.17 bits per heavy atom. The Morgan fingerprint density at radius 3 is 2.33 bits per heavy atom. The van der Waals surface area contributed by atoms with Crippen LogP contribution < -0.4 is 16.4 Å². The zero-order chi connectivity index (χ0) is 21.4. The summed E-state index contributed by atoms with van der Waals surface area (Å²) in [6.45, 7) is 10.7. The zero-order valence-corrected chi connectivity index (χ0v) is 21.1. The van der Waals surface area contributed by atoms with Gasteiger partial charge in [0.1, 0.15) is 5.60 Å². The van der Waals surface area contributed by atoms with Crippen LogP contribution in [0.2, 0.25) is 0 Å². The summed E-state index contributed by atoms with van der Waals surface area (Å²) in [6.07, 6.45) is 3.64. The average Bonchev–Trinajstić information content (AvgIpc) is 2.61. The first-order chi connectivity index (χ1) is 13.7. The van der Waals surface area contributed by atoms with Crippen molar-refractivity contribution in [3.8, 4) is 0 Å². The highest BCUT2D eigenvalue weighted by Gasteiger charge is 2.34. The van der Waals surface area contributed by atoms with E-state index in [1.807, 2.05) is 20.8 Å². The molecular formula is C20H39IN6O3. The highest BCUT2D eigenvalue weighted by Crippen LogP contribution is 2.17. The third-order valence-corrected chi connectivity index (χ3v) is 5.28. The molecule has 174 valence electrons. The smallest absolute Gasteiger partial charge is 0.410 e. The van der Waals surface area contributed by atoms with Crippen LogP contribution in [0.4, 0.5) is 4.79 Å². The lowest BCUT2D eigenvalue weighted by Crippen LogP contribution is -2.63. The molecule has 2 saturated heterocycles. The molecule has 0 aromatic rings. The Bertz CT molecular complexity index is 582. The van der Waals surface area contributed by atoms with Gasteiger partial charge in [-0.1, -0.05) is 0 Å². The molecule has 0 unspecified atom stereocenters. The number of hydrogen-bond donors (Lipinski definition) is 3. The van der Waals surface area contributed by atoms with E-state index in [2.05, 4.69) is 20.5 Å². The summed E-state index contributed by atoms with van der Waals surface area (Å²) in [4.78, 5) is 31.5. The quantitative estimate of drug-likeness (QED) is 0.195. The summed E-state index contributed by atoms with van der Waals surface area (Å²) < 4.78 is 5.37. The molecule has 0 spiro atoms. The SMILES string of the molecule is CN=C(NCCCCN1CCC(C(N)=O)CC1)NC1CN(C(=O)OC(C)(C)C)C1.I. The summed E-state index contributed by atoms with van der Waals surface area (Å²) in [5.41, 5.74) is 4.91. The number of aliphatic imine (C=N–C) groups is 1. The average molecular weight is 538 g/mol. The van der Waals surface area contributed by atoms with Crippen molar-refractivity contribution in [2.75, 3.05) is 46.3 Å². The van der Waals surface area contributed by atoms with Gasteiger partial charge in [-0.05, 0) is 66.1 Å². The summed E-state index contributed by atoms with van der Waals surface area (Å²) in [5.74, 6) is 0.662. The fraction of sp³-hybridized carbons (Fsp3) is 0.850. The van der Waals surface area contributed by atoms with Gasteiger partial charge in [0.15, 0.2) is 5.96 Å².